The number of hydrogen-bond donors (Lipinski definition) is 0. The molecule has 3 fully saturated rings. The van der Waals surface area contributed by atoms with Gasteiger partial charge in [0.2, 0.25) is 0 Å². The second-order valence-electron chi connectivity index (χ2n) is 13.1. The van der Waals surface area contributed by atoms with Crippen LogP contribution in [0.1, 0.15) is 77.0 Å². The zero-order valence-corrected chi connectivity index (χ0v) is 31.4. The molecule has 0 N–H and O–H groups in total. The molecule has 6 aliphatic rings. The minimum atomic E-state index is -2.90. The van der Waals surface area contributed by atoms with E-state index >= 15 is 0 Å². The molecule has 0 amide bonds. The molecule has 0 saturated heterocycles. The van der Waals surface area contributed by atoms with Gasteiger partial charge < -0.3 is 28.5 Å². The predicted molar refractivity (Wildman–Crippen MR) is 213 cm³/mol. The normalized spacial score (nSPS) is 30.0. The lowest BCUT2D eigenvalue weighted by Crippen LogP contribution is -2.54. The first kappa shape index (κ1) is 33.6. The van der Waals surface area contributed by atoms with Crippen molar-refractivity contribution in [1.29, 1.82) is 0 Å². The van der Waals surface area contributed by atoms with Crippen LogP contribution in [-0.2, 0) is 28.5 Å². The Labute approximate surface area is 316 Å². The average molecular weight is 773 g/mol. The molecule has 52 heavy (non-hydrogen) atoms. The van der Waals surface area contributed by atoms with Crippen molar-refractivity contribution in [3.05, 3.63) is 59.3 Å². The molecule has 268 valence electrons. The molecule has 12 nitrogen and oxygen atoms in total. The van der Waals surface area contributed by atoms with Crippen LogP contribution in [0.15, 0.2) is 90.2 Å². The lowest BCUT2D eigenvalue weighted by atomic mass is 9.77. The highest BCUT2D eigenvalue weighted by atomic mass is 32.1. The van der Waals surface area contributed by atoms with Crippen molar-refractivity contribution < 1.29 is 28.5 Å². The summed E-state index contributed by atoms with van der Waals surface area (Å²) in [6, 6.07) is 16.1. The Kier molecular flexibility index (Phi) is 9.45. The summed E-state index contributed by atoms with van der Waals surface area (Å²) in [6.45, 7) is -5.80. The zero-order valence-electron chi connectivity index (χ0n) is 28.2. The van der Waals surface area contributed by atoms with E-state index in [4.69, 9.17) is 59.5 Å². The molecular weight excluding hydrogens is 738 g/mol. The second kappa shape index (κ2) is 14.6. The Balaban J connectivity index is 1.24. The van der Waals surface area contributed by atoms with Crippen LogP contribution in [0.5, 0.6) is 0 Å². The molecule has 4 aromatic heterocycles. The van der Waals surface area contributed by atoms with Crippen molar-refractivity contribution in [2.24, 2.45) is 30.9 Å². The van der Waals surface area contributed by atoms with Crippen molar-refractivity contribution in [3.8, 4) is 19.5 Å². The van der Waals surface area contributed by atoms with Gasteiger partial charge in [0.25, 0.3) is 0 Å². The third kappa shape index (κ3) is 6.72. The summed E-state index contributed by atoms with van der Waals surface area (Å²) >= 11 is 6.30. The Hall–Kier alpha value is -4.25. The summed E-state index contributed by atoms with van der Waals surface area (Å²) in [6.07, 6.45) is 9.03. The van der Waals surface area contributed by atoms with Gasteiger partial charge in [0, 0.05) is 19.5 Å². The lowest BCUT2D eigenvalue weighted by Gasteiger charge is -2.37. The minimum absolute atomic E-state index is 0.605. The van der Waals surface area contributed by atoms with Crippen molar-refractivity contribution in [3.63, 3.8) is 0 Å². The van der Waals surface area contributed by atoms with E-state index in [1.807, 2.05) is 36.4 Å². The molecule has 2 bridgehead atoms. The van der Waals surface area contributed by atoms with Gasteiger partial charge in [0.05, 0.1) is 34.3 Å². The summed E-state index contributed by atoms with van der Waals surface area (Å²) in [4.78, 5) is 4.30. The maximum atomic E-state index is 6.50. The van der Waals surface area contributed by atoms with E-state index in [9.17, 15) is 0 Å². The molecule has 3 aliphatic heterocycles. The molecule has 3 saturated carbocycles. The molecule has 0 spiro atoms. The lowest BCUT2D eigenvalue weighted by molar-refractivity contribution is 0.0765. The Morgan fingerprint density at radius 2 is 0.692 bits per heavy atom. The molecule has 10 rings (SSSR count). The summed E-state index contributed by atoms with van der Waals surface area (Å²) in [5.74, 6) is 0. The fraction of sp³-hybridized carbons (Fsp3) is 0.353. The highest BCUT2D eigenvalue weighted by Crippen LogP contribution is 2.33. The number of fused-ring (bicyclic) bond motifs is 6. The van der Waals surface area contributed by atoms with Crippen molar-refractivity contribution in [1.82, 2.24) is 0 Å². The van der Waals surface area contributed by atoms with E-state index in [0.717, 1.165) is 58.0 Å². The predicted octanol–water partition coefficient (Wildman–Crippen LogP) is 8.24. The van der Waals surface area contributed by atoms with Gasteiger partial charge in [0.15, 0.2) is 0 Å². The summed E-state index contributed by atoms with van der Waals surface area (Å²) in [5.41, 5.74) is 3.63. The maximum absolute atomic E-state index is 6.50. The van der Waals surface area contributed by atoms with Gasteiger partial charge in [-0.3, -0.25) is 0 Å². The average Bonchev–Trinajstić information content (AvgIpc) is 4.03. The summed E-state index contributed by atoms with van der Waals surface area (Å²) in [5, 5.41) is 32.4. The van der Waals surface area contributed by atoms with Crippen molar-refractivity contribution in [2.75, 3.05) is 0 Å². The van der Waals surface area contributed by atoms with Gasteiger partial charge in [-0.05, 0) is 122 Å². The quantitative estimate of drug-likeness (QED) is 0.192. The molecule has 4 aromatic rings. The largest absolute Gasteiger partial charge is 0.650 e. The topological polar surface area (TPSA) is 130 Å². The molecule has 0 unspecified atom stereocenters. The zero-order chi connectivity index (χ0) is 34.8. The van der Waals surface area contributed by atoms with Gasteiger partial charge in [-0.1, -0.05) is 24.3 Å². The van der Waals surface area contributed by atoms with Crippen LogP contribution >= 0.6 is 45.3 Å². The van der Waals surface area contributed by atoms with Gasteiger partial charge in [-0.25, -0.2) is 0 Å². The van der Waals surface area contributed by atoms with Crippen LogP contribution in [0.4, 0.5) is 0 Å². The molecular formula is C34H34B2N6O6S4-2. The van der Waals surface area contributed by atoms with E-state index in [-0.39, 0.29) is 0 Å². The maximum Gasteiger partial charge on any atom is 0.650 e. The number of oxime groups is 6. The van der Waals surface area contributed by atoms with Gasteiger partial charge in [0.1, 0.15) is 0 Å². The van der Waals surface area contributed by atoms with Crippen LogP contribution in [0.3, 0.4) is 0 Å². The first-order chi connectivity index (χ1) is 25.7. The summed E-state index contributed by atoms with van der Waals surface area (Å²) in [7, 11) is 0. The SMILES string of the molecule is c1csc(-c2ccc([B-]34ON=C5CCCC/C5=N\O[B-](c5ccc(-c6cccs6)s5)(O/N=C5\CCCC\C5=N/O3)O/N=C3\CCCC\C3=N/O4)s2)c1. The van der Waals surface area contributed by atoms with Crippen molar-refractivity contribution in [2.45, 2.75) is 77.0 Å². The van der Waals surface area contributed by atoms with Crippen LogP contribution in [0.2, 0.25) is 0 Å². The second-order valence-corrected chi connectivity index (χ2v) is 17.3. The monoisotopic (exact) mass is 772 g/mol. The molecule has 0 atom stereocenters. The number of hydrogen-bond acceptors (Lipinski definition) is 16. The van der Waals surface area contributed by atoms with E-state index in [1.54, 1.807) is 22.7 Å². The van der Waals surface area contributed by atoms with Crippen LogP contribution in [0.25, 0.3) is 19.5 Å². The standard InChI is InChI=1S/C34H34B2N6O6S4/c1-2-10-24-23(9-1)37-43-35(33-19-17-31(51-33)29-15-7-21-49-29)45-39-25-11-3-5-13-27(25)41-47-36(44-38-24,34-20-18-32(52-34)30-16-8-22-50-30)48-42-28-14-6-4-12-26(28)40-46-35/h7-8,15-22H,1-6,9-14H2/q-2/b37-23+,38-24+,39-25+,40-26+,41-27+,42-28?. The minimum Gasteiger partial charge on any atom is -0.535 e. The number of thiophene rings is 4. The Morgan fingerprint density at radius 1 is 0.385 bits per heavy atom. The van der Waals surface area contributed by atoms with Gasteiger partial charge >= 0.3 is 13.5 Å². The van der Waals surface area contributed by atoms with Crippen LogP contribution < -0.4 is 9.55 Å². The molecule has 3 aliphatic carbocycles. The Morgan fingerprint density at radius 3 is 0.962 bits per heavy atom. The van der Waals surface area contributed by atoms with Gasteiger partial charge in [-0.15, -0.1) is 53.6 Å². The van der Waals surface area contributed by atoms with Gasteiger partial charge in [-0.2, -0.15) is 22.7 Å². The fourth-order valence-electron chi connectivity index (χ4n) is 6.62. The fourth-order valence-corrected chi connectivity index (χ4v) is 10.4. The number of nitrogens with zero attached hydrogens (tertiary/aromatic N) is 6. The molecule has 7 heterocycles. The Bertz CT molecular complexity index is 1840. The van der Waals surface area contributed by atoms with E-state index < -0.39 is 13.5 Å². The van der Waals surface area contributed by atoms with Crippen LogP contribution in [0, 0.1) is 0 Å². The van der Waals surface area contributed by atoms with E-state index in [1.165, 1.54) is 22.7 Å². The third-order valence-corrected chi connectivity index (χ3v) is 14.1. The summed E-state index contributed by atoms with van der Waals surface area (Å²) < 4.78 is 40.3. The van der Waals surface area contributed by atoms with Crippen LogP contribution in [-0.4, -0.2) is 47.8 Å². The highest BCUT2D eigenvalue weighted by Gasteiger charge is 2.46. The first-order valence-corrected chi connectivity index (χ1v) is 21.1. The smallest absolute Gasteiger partial charge is 0.535 e. The molecule has 0 radical (unpaired) electrons. The van der Waals surface area contributed by atoms with Crippen molar-refractivity contribution >= 4 is 103 Å². The molecule has 18 heteroatoms. The van der Waals surface area contributed by atoms with E-state index in [0.29, 0.717) is 82.3 Å². The van der Waals surface area contributed by atoms with E-state index in [2.05, 4.69) is 22.9 Å². The first-order valence-electron chi connectivity index (χ1n) is 17.7. The number of rotatable bonds is 4. The molecule has 0 aromatic carbocycles. The third-order valence-electron chi connectivity index (χ3n) is 9.52. The highest BCUT2D eigenvalue weighted by molar-refractivity contribution is 7.29.